The van der Waals surface area contributed by atoms with E-state index in [-0.39, 0.29) is 5.97 Å². The Morgan fingerprint density at radius 3 is 2.47 bits per heavy atom. The topological polar surface area (TPSA) is 26.3 Å². The van der Waals surface area contributed by atoms with Crippen molar-refractivity contribution in [1.29, 1.82) is 0 Å². The molecule has 0 spiro atoms. The largest absolute Gasteiger partial charge is 0.462 e. The first-order valence-electron chi connectivity index (χ1n) is 4.92. The van der Waals surface area contributed by atoms with Crippen molar-refractivity contribution in [1.82, 2.24) is 0 Å². The Kier molecular flexibility index (Phi) is 3.91. The van der Waals surface area contributed by atoms with Gasteiger partial charge in [0.2, 0.25) is 0 Å². The summed E-state index contributed by atoms with van der Waals surface area (Å²) in [5.74, 6) is -0.242. The lowest BCUT2D eigenvalue weighted by Crippen LogP contribution is -2.09. The van der Waals surface area contributed by atoms with Gasteiger partial charge in [-0.2, -0.15) is 0 Å². The van der Waals surface area contributed by atoms with Crippen molar-refractivity contribution in [2.75, 3.05) is 6.61 Å². The van der Waals surface area contributed by atoms with Crippen LogP contribution in [0.2, 0.25) is 0 Å². The standard InChI is InChI=1S/C12H15BrO2/c1-5-15-12(14)10-7(2)6-8(3)11(13)9(10)4/h6H,5H2,1-4H3. The zero-order valence-corrected chi connectivity index (χ0v) is 11.1. The van der Waals surface area contributed by atoms with Crippen molar-refractivity contribution in [2.24, 2.45) is 0 Å². The van der Waals surface area contributed by atoms with Crippen LogP contribution in [-0.4, -0.2) is 12.6 Å². The van der Waals surface area contributed by atoms with Crippen LogP contribution in [0.3, 0.4) is 0 Å². The first-order chi connectivity index (χ1) is 6.99. The Labute approximate surface area is 98.8 Å². The van der Waals surface area contributed by atoms with Crippen LogP contribution >= 0.6 is 15.9 Å². The number of halogens is 1. The maximum Gasteiger partial charge on any atom is 0.338 e. The van der Waals surface area contributed by atoms with Gasteiger partial charge in [-0.3, -0.25) is 0 Å². The van der Waals surface area contributed by atoms with E-state index in [1.165, 1.54) is 0 Å². The molecule has 1 aromatic carbocycles. The fourth-order valence-electron chi connectivity index (χ4n) is 1.68. The van der Waals surface area contributed by atoms with Crippen LogP contribution in [0.25, 0.3) is 0 Å². The molecular formula is C12H15BrO2. The summed E-state index contributed by atoms with van der Waals surface area (Å²) in [5.41, 5.74) is 3.73. The fourth-order valence-corrected chi connectivity index (χ4v) is 1.99. The molecule has 0 saturated carbocycles. The average Bonchev–Trinajstić information content (AvgIpc) is 2.15. The number of hydrogen-bond acceptors (Lipinski definition) is 2. The second-order valence-corrected chi connectivity index (χ2v) is 4.34. The molecule has 1 aromatic rings. The Balaban J connectivity index is 3.29. The number of aryl methyl sites for hydroxylation is 2. The van der Waals surface area contributed by atoms with E-state index in [0.717, 1.165) is 21.2 Å². The number of ether oxygens (including phenoxy) is 1. The predicted octanol–water partition coefficient (Wildman–Crippen LogP) is 3.55. The number of rotatable bonds is 2. The molecule has 0 aliphatic heterocycles. The van der Waals surface area contributed by atoms with Gasteiger partial charge in [-0.1, -0.05) is 22.0 Å². The van der Waals surface area contributed by atoms with Crippen LogP contribution < -0.4 is 0 Å². The molecule has 0 fully saturated rings. The molecule has 0 N–H and O–H groups in total. The highest BCUT2D eigenvalue weighted by molar-refractivity contribution is 9.10. The van der Waals surface area contributed by atoms with Gasteiger partial charge in [-0.05, 0) is 44.4 Å². The summed E-state index contributed by atoms with van der Waals surface area (Å²) in [5, 5.41) is 0. The van der Waals surface area contributed by atoms with Gasteiger partial charge in [0.25, 0.3) is 0 Å². The SMILES string of the molecule is CCOC(=O)c1c(C)cc(C)c(Br)c1C. The molecule has 0 unspecified atom stereocenters. The van der Waals surface area contributed by atoms with Crippen LogP contribution in [0.4, 0.5) is 0 Å². The average molecular weight is 271 g/mol. The molecule has 0 heterocycles. The van der Waals surface area contributed by atoms with Crippen LogP contribution in [0, 0.1) is 20.8 Å². The van der Waals surface area contributed by atoms with Crippen molar-refractivity contribution >= 4 is 21.9 Å². The van der Waals surface area contributed by atoms with Gasteiger partial charge in [0, 0.05) is 4.47 Å². The monoisotopic (exact) mass is 270 g/mol. The molecule has 0 aliphatic rings. The van der Waals surface area contributed by atoms with Crippen molar-refractivity contribution in [2.45, 2.75) is 27.7 Å². The smallest absolute Gasteiger partial charge is 0.338 e. The predicted molar refractivity (Wildman–Crippen MR) is 64.3 cm³/mol. The second-order valence-electron chi connectivity index (χ2n) is 3.54. The highest BCUT2D eigenvalue weighted by Gasteiger charge is 2.16. The molecule has 0 aliphatic carbocycles. The maximum atomic E-state index is 11.7. The zero-order chi connectivity index (χ0) is 11.6. The second kappa shape index (κ2) is 4.79. The summed E-state index contributed by atoms with van der Waals surface area (Å²) in [7, 11) is 0. The van der Waals surface area contributed by atoms with Crippen LogP contribution in [-0.2, 0) is 4.74 Å². The van der Waals surface area contributed by atoms with E-state index in [2.05, 4.69) is 15.9 Å². The summed E-state index contributed by atoms with van der Waals surface area (Å²) in [6.45, 7) is 8.09. The molecule has 0 aromatic heterocycles. The van der Waals surface area contributed by atoms with Crippen LogP contribution in [0.5, 0.6) is 0 Å². The zero-order valence-electron chi connectivity index (χ0n) is 9.48. The minimum absolute atomic E-state index is 0.242. The van der Waals surface area contributed by atoms with Crippen LogP contribution in [0.15, 0.2) is 10.5 Å². The van der Waals surface area contributed by atoms with Crippen molar-refractivity contribution in [3.05, 3.63) is 32.8 Å². The number of benzene rings is 1. The highest BCUT2D eigenvalue weighted by atomic mass is 79.9. The van der Waals surface area contributed by atoms with E-state index < -0.39 is 0 Å². The van der Waals surface area contributed by atoms with Gasteiger partial charge < -0.3 is 4.74 Å². The summed E-state index contributed by atoms with van der Waals surface area (Å²) in [4.78, 5) is 11.7. The summed E-state index contributed by atoms with van der Waals surface area (Å²) in [6, 6.07) is 1.99. The summed E-state index contributed by atoms with van der Waals surface area (Å²) in [6.07, 6.45) is 0. The van der Waals surface area contributed by atoms with E-state index in [1.54, 1.807) is 0 Å². The molecule has 0 bridgehead atoms. The Morgan fingerprint density at radius 1 is 1.33 bits per heavy atom. The van der Waals surface area contributed by atoms with E-state index in [4.69, 9.17) is 4.74 Å². The molecule has 82 valence electrons. The van der Waals surface area contributed by atoms with Crippen molar-refractivity contribution in [3.63, 3.8) is 0 Å². The maximum absolute atomic E-state index is 11.7. The van der Waals surface area contributed by atoms with Gasteiger partial charge in [0.05, 0.1) is 12.2 Å². The lowest BCUT2D eigenvalue weighted by atomic mass is 10.00. The van der Waals surface area contributed by atoms with Gasteiger partial charge >= 0.3 is 5.97 Å². The van der Waals surface area contributed by atoms with E-state index in [9.17, 15) is 4.79 Å². The first-order valence-corrected chi connectivity index (χ1v) is 5.71. The van der Waals surface area contributed by atoms with Gasteiger partial charge in [0.1, 0.15) is 0 Å². The molecule has 1 rings (SSSR count). The van der Waals surface area contributed by atoms with E-state index in [1.807, 2.05) is 33.8 Å². The first kappa shape index (κ1) is 12.2. The number of hydrogen-bond donors (Lipinski definition) is 0. The minimum atomic E-state index is -0.242. The fraction of sp³-hybridized carbons (Fsp3) is 0.417. The third kappa shape index (κ3) is 2.40. The molecule has 3 heteroatoms. The van der Waals surface area contributed by atoms with Gasteiger partial charge in [0.15, 0.2) is 0 Å². The quantitative estimate of drug-likeness (QED) is 0.769. The Morgan fingerprint density at radius 2 is 1.93 bits per heavy atom. The molecule has 0 radical (unpaired) electrons. The van der Waals surface area contributed by atoms with Crippen molar-refractivity contribution in [3.8, 4) is 0 Å². The molecule has 0 saturated heterocycles. The third-order valence-electron chi connectivity index (χ3n) is 2.36. The summed E-state index contributed by atoms with van der Waals surface area (Å²) < 4.78 is 6.01. The molecule has 0 amide bonds. The van der Waals surface area contributed by atoms with Gasteiger partial charge in [-0.15, -0.1) is 0 Å². The summed E-state index contributed by atoms with van der Waals surface area (Å²) >= 11 is 3.48. The molecule has 0 atom stereocenters. The lowest BCUT2D eigenvalue weighted by molar-refractivity contribution is 0.0524. The molecular weight excluding hydrogens is 256 g/mol. The van der Waals surface area contributed by atoms with E-state index >= 15 is 0 Å². The normalized spacial score (nSPS) is 10.2. The number of esters is 1. The minimum Gasteiger partial charge on any atom is -0.462 e. The number of carbonyl (C=O) groups excluding carboxylic acids is 1. The van der Waals surface area contributed by atoms with Gasteiger partial charge in [-0.25, -0.2) is 4.79 Å². The van der Waals surface area contributed by atoms with Crippen molar-refractivity contribution < 1.29 is 9.53 Å². The molecule has 15 heavy (non-hydrogen) atoms. The Hall–Kier alpha value is -0.830. The Bertz CT molecular complexity index is 397. The number of carbonyl (C=O) groups is 1. The molecule has 2 nitrogen and oxygen atoms in total. The third-order valence-corrected chi connectivity index (χ3v) is 3.58. The van der Waals surface area contributed by atoms with E-state index in [0.29, 0.717) is 12.2 Å². The van der Waals surface area contributed by atoms with Crippen LogP contribution in [0.1, 0.15) is 34.0 Å². The highest BCUT2D eigenvalue weighted by Crippen LogP contribution is 2.27. The lowest BCUT2D eigenvalue weighted by Gasteiger charge is -2.12.